The molecule has 0 fully saturated rings. The molecule has 1 aliphatic heterocycles. The van der Waals surface area contributed by atoms with Crippen molar-refractivity contribution in [3.05, 3.63) is 35.9 Å². The molecule has 0 spiro atoms. The van der Waals surface area contributed by atoms with Gasteiger partial charge >= 0.3 is 5.97 Å². The Kier molecular flexibility index (Phi) is 6.36. The summed E-state index contributed by atoms with van der Waals surface area (Å²) < 4.78 is 10.5. The van der Waals surface area contributed by atoms with Gasteiger partial charge in [-0.1, -0.05) is 30.0 Å². The minimum Gasteiger partial charge on any atom is -0.462 e. The van der Waals surface area contributed by atoms with Gasteiger partial charge in [0, 0.05) is 24.7 Å². The molecule has 0 aliphatic carbocycles. The van der Waals surface area contributed by atoms with Crippen LogP contribution < -0.4 is 0 Å². The summed E-state index contributed by atoms with van der Waals surface area (Å²) in [6.07, 6.45) is -1.18. The third kappa shape index (κ3) is 4.58. The summed E-state index contributed by atoms with van der Waals surface area (Å²) >= 11 is 1.04. The van der Waals surface area contributed by atoms with Gasteiger partial charge in [-0.15, -0.1) is 5.10 Å². The van der Waals surface area contributed by atoms with E-state index >= 15 is 0 Å². The number of thioether (sulfide) groups is 1. The van der Waals surface area contributed by atoms with Crippen molar-refractivity contribution in [1.82, 2.24) is 5.01 Å². The maximum atomic E-state index is 12.3. The van der Waals surface area contributed by atoms with E-state index in [1.165, 1.54) is 6.92 Å². The molecular formula is C16H18N2O5S. The highest BCUT2D eigenvalue weighted by Gasteiger charge is 2.39. The fraction of sp³-hybridized carbons (Fsp3) is 0.375. The molecule has 0 saturated carbocycles. The molecule has 7 nitrogen and oxygen atoms in total. The first-order valence-electron chi connectivity index (χ1n) is 7.45. The fourth-order valence-electron chi connectivity index (χ4n) is 1.98. The van der Waals surface area contributed by atoms with Crippen LogP contribution in [0.4, 0.5) is 0 Å². The first-order valence-corrected chi connectivity index (χ1v) is 8.44. The summed E-state index contributed by atoms with van der Waals surface area (Å²) in [6, 6.07) is 8.97. The number of benzene rings is 1. The minimum atomic E-state index is -1.24. The van der Waals surface area contributed by atoms with Crippen molar-refractivity contribution in [3.8, 4) is 0 Å². The second kappa shape index (κ2) is 8.49. The van der Waals surface area contributed by atoms with E-state index in [1.54, 1.807) is 31.2 Å². The number of nitrogens with zero attached hydrogens (tertiary/aromatic N) is 2. The van der Waals surface area contributed by atoms with Crippen LogP contribution >= 0.6 is 11.8 Å². The number of esters is 1. The molecule has 0 N–H and O–H groups in total. The highest BCUT2D eigenvalue weighted by Crippen LogP contribution is 2.20. The van der Waals surface area contributed by atoms with E-state index in [9.17, 15) is 14.4 Å². The molecule has 24 heavy (non-hydrogen) atoms. The standard InChI is InChI=1S/C16H18N2O5S/c1-3-22-16(21)15-18(13(20)9-10-24-11(2)19)17-14(23-15)12-7-5-4-6-8-12/h4-8,15H,3,9-10H2,1-2H3. The van der Waals surface area contributed by atoms with Crippen LogP contribution in [0.25, 0.3) is 0 Å². The van der Waals surface area contributed by atoms with E-state index in [0.717, 1.165) is 16.8 Å². The molecule has 8 heteroatoms. The predicted octanol–water partition coefficient (Wildman–Crippen LogP) is 1.77. The monoisotopic (exact) mass is 350 g/mol. The van der Waals surface area contributed by atoms with Crippen molar-refractivity contribution >= 4 is 34.7 Å². The maximum absolute atomic E-state index is 12.3. The van der Waals surface area contributed by atoms with E-state index in [-0.39, 0.29) is 24.0 Å². The lowest BCUT2D eigenvalue weighted by Crippen LogP contribution is -2.41. The van der Waals surface area contributed by atoms with Crippen LogP contribution in [-0.4, -0.2) is 46.5 Å². The first-order chi connectivity index (χ1) is 11.5. The Morgan fingerprint density at radius 2 is 2.00 bits per heavy atom. The highest BCUT2D eigenvalue weighted by atomic mass is 32.2. The number of carbonyl (C=O) groups is 3. The van der Waals surface area contributed by atoms with Gasteiger partial charge in [0.15, 0.2) is 5.12 Å². The number of ether oxygens (including phenoxy) is 2. The second-order valence-electron chi connectivity index (χ2n) is 4.82. The van der Waals surface area contributed by atoms with E-state index in [4.69, 9.17) is 9.47 Å². The van der Waals surface area contributed by atoms with Crippen molar-refractivity contribution in [3.63, 3.8) is 0 Å². The van der Waals surface area contributed by atoms with E-state index in [2.05, 4.69) is 5.10 Å². The van der Waals surface area contributed by atoms with Crippen LogP contribution in [0.3, 0.4) is 0 Å². The summed E-state index contributed by atoms with van der Waals surface area (Å²) in [7, 11) is 0. The number of rotatable bonds is 6. The largest absolute Gasteiger partial charge is 0.462 e. The second-order valence-corrected chi connectivity index (χ2v) is 6.09. The smallest absolute Gasteiger partial charge is 0.371 e. The molecule has 1 unspecified atom stereocenters. The van der Waals surface area contributed by atoms with Crippen molar-refractivity contribution in [2.75, 3.05) is 12.4 Å². The molecule has 2 rings (SSSR count). The normalized spacial score (nSPS) is 16.3. The summed E-state index contributed by atoms with van der Waals surface area (Å²) in [5.74, 6) is -0.593. The quantitative estimate of drug-likeness (QED) is 0.727. The Labute approximate surface area is 144 Å². The van der Waals surface area contributed by atoms with Gasteiger partial charge in [-0.2, -0.15) is 5.01 Å². The molecule has 1 aliphatic rings. The highest BCUT2D eigenvalue weighted by molar-refractivity contribution is 8.13. The Morgan fingerprint density at radius 3 is 2.62 bits per heavy atom. The van der Waals surface area contributed by atoms with Crippen LogP contribution in [0.2, 0.25) is 0 Å². The van der Waals surface area contributed by atoms with E-state index in [1.807, 2.05) is 6.07 Å². The van der Waals surface area contributed by atoms with Gasteiger partial charge in [0.2, 0.25) is 11.8 Å². The number of hydrazone groups is 1. The van der Waals surface area contributed by atoms with Crippen LogP contribution in [0.15, 0.2) is 35.4 Å². The summed E-state index contributed by atoms with van der Waals surface area (Å²) in [5, 5.41) is 5.04. The molecule has 1 amide bonds. The molecule has 1 atom stereocenters. The molecule has 128 valence electrons. The molecule has 0 aromatic heterocycles. The molecule has 1 aromatic carbocycles. The van der Waals surface area contributed by atoms with Gasteiger partial charge < -0.3 is 9.47 Å². The van der Waals surface area contributed by atoms with Crippen LogP contribution in [0.1, 0.15) is 25.8 Å². The van der Waals surface area contributed by atoms with E-state index < -0.39 is 18.1 Å². The Hall–Kier alpha value is -2.35. The molecule has 0 bridgehead atoms. The van der Waals surface area contributed by atoms with E-state index in [0.29, 0.717) is 11.3 Å². The zero-order chi connectivity index (χ0) is 17.5. The maximum Gasteiger partial charge on any atom is 0.371 e. The molecule has 1 heterocycles. The number of hydrogen-bond acceptors (Lipinski definition) is 7. The Balaban J connectivity index is 2.14. The van der Waals surface area contributed by atoms with Gasteiger partial charge in [0.25, 0.3) is 6.23 Å². The SMILES string of the molecule is CCOC(=O)C1OC(c2ccccc2)=NN1C(=O)CCSC(C)=O. The first kappa shape index (κ1) is 18.0. The van der Waals surface area contributed by atoms with Crippen LogP contribution in [0, 0.1) is 0 Å². The average Bonchev–Trinajstić information content (AvgIpc) is 3.01. The van der Waals surface area contributed by atoms with Gasteiger partial charge in [0.1, 0.15) is 0 Å². The van der Waals surface area contributed by atoms with Gasteiger partial charge in [0.05, 0.1) is 6.61 Å². The third-order valence-electron chi connectivity index (χ3n) is 3.03. The summed E-state index contributed by atoms with van der Waals surface area (Å²) in [5.41, 5.74) is 0.653. The lowest BCUT2D eigenvalue weighted by molar-refractivity contribution is -0.164. The summed E-state index contributed by atoms with van der Waals surface area (Å²) in [4.78, 5) is 35.3. The third-order valence-corrected chi connectivity index (χ3v) is 3.84. The van der Waals surface area contributed by atoms with Gasteiger partial charge in [-0.3, -0.25) is 9.59 Å². The zero-order valence-corrected chi connectivity index (χ0v) is 14.2. The molecule has 0 saturated heterocycles. The molecule has 0 radical (unpaired) electrons. The summed E-state index contributed by atoms with van der Waals surface area (Å²) in [6.45, 7) is 3.27. The number of amides is 1. The van der Waals surface area contributed by atoms with Crippen LogP contribution in [-0.2, 0) is 23.9 Å². The number of carbonyl (C=O) groups excluding carboxylic acids is 3. The zero-order valence-electron chi connectivity index (χ0n) is 13.4. The Bertz CT molecular complexity index is 647. The molecular weight excluding hydrogens is 332 g/mol. The van der Waals surface area contributed by atoms with Crippen molar-refractivity contribution < 1.29 is 23.9 Å². The fourth-order valence-corrected chi connectivity index (χ4v) is 2.54. The lowest BCUT2D eigenvalue weighted by atomic mass is 10.2. The van der Waals surface area contributed by atoms with Crippen molar-refractivity contribution in [2.45, 2.75) is 26.5 Å². The predicted molar refractivity (Wildman–Crippen MR) is 89.1 cm³/mol. The lowest BCUT2D eigenvalue weighted by Gasteiger charge is -2.18. The van der Waals surface area contributed by atoms with Crippen molar-refractivity contribution in [1.29, 1.82) is 0 Å². The molecule has 1 aromatic rings. The topological polar surface area (TPSA) is 85.3 Å². The average molecular weight is 350 g/mol. The minimum absolute atomic E-state index is 0.0646. The Morgan fingerprint density at radius 1 is 1.29 bits per heavy atom. The van der Waals surface area contributed by atoms with Gasteiger partial charge in [-0.25, -0.2) is 4.79 Å². The number of hydrogen-bond donors (Lipinski definition) is 0. The van der Waals surface area contributed by atoms with Gasteiger partial charge in [-0.05, 0) is 19.1 Å². The van der Waals surface area contributed by atoms with Crippen molar-refractivity contribution in [2.24, 2.45) is 5.10 Å². The van der Waals surface area contributed by atoms with Crippen LogP contribution in [0.5, 0.6) is 0 Å².